The highest BCUT2D eigenvalue weighted by Crippen LogP contribution is 2.51. The Labute approximate surface area is 159 Å². The van der Waals surface area contributed by atoms with E-state index in [0.717, 1.165) is 43.2 Å². The van der Waals surface area contributed by atoms with Gasteiger partial charge in [-0.05, 0) is 55.2 Å². The topological polar surface area (TPSA) is 50.2 Å². The van der Waals surface area contributed by atoms with E-state index in [4.69, 9.17) is 0 Å². The van der Waals surface area contributed by atoms with Crippen LogP contribution < -0.4 is 10.9 Å². The van der Waals surface area contributed by atoms with Crippen LogP contribution in [0, 0.1) is 24.6 Å². The van der Waals surface area contributed by atoms with Crippen molar-refractivity contribution < 1.29 is 4.39 Å². The van der Waals surface area contributed by atoms with Gasteiger partial charge in [-0.25, -0.2) is 9.37 Å². The second-order valence-electron chi connectivity index (χ2n) is 7.94. The molecule has 1 N–H and O–H groups in total. The third kappa shape index (κ3) is 3.27. The molecule has 4 rings (SSSR count). The molecule has 3 atom stereocenters. The molecule has 1 aromatic heterocycles. The smallest absolute Gasteiger partial charge is 0.258 e. The number of hydrogen-bond acceptors (Lipinski definition) is 4. The molecule has 1 aromatic carbocycles. The maximum atomic E-state index is 13.2. The van der Waals surface area contributed by atoms with Crippen molar-refractivity contribution in [3.05, 3.63) is 57.3 Å². The summed E-state index contributed by atoms with van der Waals surface area (Å²) in [6.07, 6.45) is 1.92. The molecule has 2 fully saturated rings. The molecule has 144 valence electrons. The molecule has 0 radical (unpaired) electrons. The Morgan fingerprint density at radius 2 is 2.00 bits per heavy atom. The van der Waals surface area contributed by atoms with Gasteiger partial charge in [0.25, 0.3) is 5.56 Å². The summed E-state index contributed by atoms with van der Waals surface area (Å²) < 4.78 is 14.7. The largest absolute Gasteiger partial charge is 0.359 e. The van der Waals surface area contributed by atoms with Crippen LogP contribution in [0.1, 0.15) is 29.2 Å². The van der Waals surface area contributed by atoms with Crippen LogP contribution in [0.25, 0.3) is 0 Å². The lowest BCUT2D eigenvalue weighted by Crippen LogP contribution is -2.33. The monoisotopic (exact) mass is 370 g/mol. The van der Waals surface area contributed by atoms with Gasteiger partial charge in [-0.15, -0.1) is 0 Å². The summed E-state index contributed by atoms with van der Waals surface area (Å²) in [4.78, 5) is 19.6. The maximum Gasteiger partial charge on any atom is 0.258 e. The van der Waals surface area contributed by atoms with Gasteiger partial charge in [0.2, 0.25) is 5.95 Å². The molecular formula is C21H27FN4O. The average molecular weight is 370 g/mol. The van der Waals surface area contributed by atoms with Crippen LogP contribution >= 0.6 is 0 Å². The zero-order valence-corrected chi connectivity index (χ0v) is 16.2. The summed E-state index contributed by atoms with van der Waals surface area (Å²) >= 11 is 0. The van der Waals surface area contributed by atoms with Crippen molar-refractivity contribution in [2.24, 2.45) is 18.9 Å². The van der Waals surface area contributed by atoms with Gasteiger partial charge in [0.05, 0.1) is 0 Å². The summed E-state index contributed by atoms with van der Waals surface area (Å²) in [5.74, 6) is 2.37. The van der Waals surface area contributed by atoms with Gasteiger partial charge in [-0.2, -0.15) is 0 Å². The van der Waals surface area contributed by atoms with E-state index in [9.17, 15) is 9.18 Å². The fourth-order valence-electron chi connectivity index (χ4n) is 4.81. The Morgan fingerprint density at radius 1 is 1.26 bits per heavy atom. The number of benzene rings is 1. The first-order chi connectivity index (χ1) is 13.0. The van der Waals surface area contributed by atoms with Gasteiger partial charge in [-0.1, -0.05) is 12.1 Å². The molecule has 5 nitrogen and oxygen atoms in total. The van der Waals surface area contributed by atoms with Gasteiger partial charge in [-0.3, -0.25) is 9.36 Å². The van der Waals surface area contributed by atoms with Gasteiger partial charge < -0.3 is 10.2 Å². The van der Waals surface area contributed by atoms with Crippen molar-refractivity contribution in [3.63, 3.8) is 0 Å². The Balaban J connectivity index is 1.40. The first kappa shape index (κ1) is 18.2. The molecule has 1 aliphatic heterocycles. The molecule has 2 heterocycles. The highest BCUT2D eigenvalue weighted by Gasteiger charge is 2.47. The van der Waals surface area contributed by atoms with Crippen LogP contribution in [-0.4, -0.2) is 41.1 Å². The van der Waals surface area contributed by atoms with E-state index in [1.807, 2.05) is 19.1 Å². The Morgan fingerprint density at radius 3 is 2.70 bits per heavy atom. The first-order valence-corrected chi connectivity index (χ1v) is 9.70. The fourth-order valence-corrected chi connectivity index (χ4v) is 4.81. The molecule has 2 aliphatic rings. The summed E-state index contributed by atoms with van der Waals surface area (Å²) in [7, 11) is 3.53. The van der Waals surface area contributed by atoms with E-state index in [2.05, 4.69) is 15.2 Å². The number of hydrogen-bond donors (Lipinski definition) is 1. The molecule has 1 aliphatic carbocycles. The number of rotatable bonds is 5. The molecule has 0 spiro atoms. The molecule has 1 saturated heterocycles. The van der Waals surface area contributed by atoms with Crippen molar-refractivity contribution in [1.29, 1.82) is 0 Å². The zero-order chi connectivity index (χ0) is 19.1. The Hall–Kier alpha value is -2.21. The standard InChI is InChI=1S/C21H27FN4O/c1-13-17(20(27)25(3)21(23-2)24-13)8-9-26-11-15-10-18(19(15)12-26)14-4-6-16(22)7-5-14/h4-7,15,18-19H,8-12H2,1-3H3,(H,23,24). The molecule has 0 amide bonds. The van der Waals surface area contributed by atoms with Crippen molar-refractivity contribution in [2.45, 2.75) is 25.7 Å². The van der Waals surface area contributed by atoms with Gasteiger partial charge in [0, 0.05) is 45.0 Å². The third-order valence-electron chi connectivity index (χ3n) is 6.43. The minimum absolute atomic E-state index is 0.0400. The molecule has 2 aromatic rings. The lowest BCUT2D eigenvalue weighted by atomic mass is 9.64. The van der Waals surface area contributed by atoms with Crippen molar-refractivity contribution in [1.82, 2.24) is 14.5 Å². The lowest BCUT2D eigenvalue weighted by molar-refractivity contribution is 0.191. The van der Waals surface area contributed by atoms with E-state index in [-0.39, 0.29) is 11.4 Å². The van der Waals surface area contributed by atoms with Gasteiger partial charge in [0.1, 0.15) is 5.82 Å². The van der Waals surface area contributed by atoms with Crippen LogP contribution in [0.3, 0.4) is 0 Å². The lowest BCUT2D eigenvalue weighted by Gasteiger charge is -2.40. The number of likely N-dealkylation sites (tertiary alicyclic amines) is 1. The number of fused-ring (bicyclic) bond motifs is 1. The van der Waals surface area contributed by atoms with Crippen LogP contribution in [0.4, 0.5) is 10.3 Å². The molecular weight excluding hydrogens is 343 g/mol. The average Bonchev–Trinajstić information content (AvgIpc) is 2.96. The number of halogens is 1. The van der Waals surface area contributed by atoms with Crippen molar-refractivity contribution in [3.8, 4) is 0 Å². The summed E-state index contributed by atoms with van der Waals surface area (Å²) in [6.45, 7) is 4.97. The summed E-state index contributed by atoms with van der Waals surface area (Å²) in [5, 5.41) is 2.96. The first-order valence-electron chi connectivity index (χ1n) is 9.70. The Kier molecular flexibility index (Phi) is 4.76. The molecule has 1 saturated carbocycles. The summed E-state index contributed by atoms with van der Waals surface area (Å²) in [5.41, 5.74) is 2.92. The Bertz CT molecular complexity index is 892. The highest BCUT2D eigenvalue weighted by atomic mass is 19.1. The van der Waals surface area contributed by atoms with Crippen molar-refractivity contribution >= 4 is 5.95 Å². The van der Waals surface area contributed by atoms with Crippen LogP contribution in [0.5, 0.6) is 0 Å². The van der Waals surface area contributed by atoms with Crippen LogP contribution in [-0.2, 0) is 13.5 Å². The zero-order valence-electron chi connectivity index (χ0n) is 16.2. The minimum atomic E-state index is -0.169. The number of nitrogens with zero attached hydrogens (tertiary/aromatic N) is 3. The fraction of sp³-hybridized carbons (Fsp3) is 0.524. The summed E-state index contributed by atoms with van der Waals surface area (Å²) in [6, 6.07) is 6.99. The second kappa shape index (κ2) is 7.08. The SMILES string of the molecule is CNc1nc(C)c(CCN2CC3CC(c4ccc(F)cc4)C3C2)c(=O)n1C. The van der Waals surface area contributed by atoms with E-state index in [0.29, 0.717) is 17.8 Å². The number of aromatic nitrogens is 2. The quantitative estimate of drug-likeness (QED) is 0.879. The molecule has 6 heteroatoms. The molecule has 27 heavy (non-hydrogen) atoms. The molecule has 0 bridgehead atoms. The van der Waals surface area contributed by atoms with Crippen LogP contribution in [0.2, 0.25) is 0 Å². The normalized spacial score (nSPS) is 24.5. The van der Waals surface area contributed by atoms with E-state index < -0.39 is 0 Å². The van der Waals surface area contributed by atoms with Crippen molar-refractivity contribution in [2.75, 3.05) is 32.0 Å². The van der Waals surface area contributed by atoms with Gasteiger partial charge >= 0.3 is 0 Å². The molecule has 3 unspecified atom stereocenters. The minimum Gasteiger partial charge on any atom is -0.359 e. The maximum absolute atomic E-state index is 13.2. The number of anilines is 1. The van der Waals surface area contributed by atoms with E-state index >= 15 is 0 Å². The third-order valence-corrected chi connectivity index (χ3v) is 6.43. The van der Waals surface area contributed by atoms with Gasteiger partial charge in [0.15, 0.2) is 0 Å². The predicted molar refractivity (Wildman–Crippen MR) is 105 cm³/mol. The van der Waals surface area contributed by atoms with E-state index in [1.54, 1.807) is 30.8 Å². The highest BCUT2D eigenvalue weighted by molar-refractivity contribution is 5.30. The number of aryl methyl sites for hydroxylation is 1. The number of nitrogens with one attached hydrogen (secondary N) is 1. The van der Waals surface area contributed by atoms with E-state index in [1.165, 1.54) is 12.0 Å². The van der Waals surface area contributed by atoms with Crippen LogP contribution in [0.15, 0.2) is 29.1 Å². The second-order valence-corrected chi connectivity index (χ2v) is 7.94. The predicted octanol–water partition coefficient (Wildman–Crippen LogP) is 2.55.